The van der Waals surface area contributed by atoms with Gasteiger partial charge in [-0.05, 0) is 24.3 Å². The average molecular weight is 429 g/mol. The van der Waals surface area contributed by atoms with Crippen molar-refractivity contribution >= 4 is 41.2 Å². The summed E-state index contributed by atoms with van der Waals surface area (Å²) in [7, 11) is 0. The van der Waals surface area contributed by atoms with E-state index in [0.29, 0.717) is 9.81 Å². The molecule has 0 saturated carbocycles. The van der Waals surface area contributed by atoms with Crippen molar-refractivity contribution in [2.24, 2.45) is 5.73 Å². The smallest absolute Gasteiger partial charge is 0.268 e. The van der Waals surface area contributed by atoms with Crippen molar-refractivity contribution < 1.29 is 19.1 Å². The number of nitrogens with zero attached hydrogens (tertiary/aromatic N) is 1. The zero-order valence-corrected chi connectivity index (χ0v) is 17.2. The average Bonchev–Trinajstić information content (AvgIpc) is 2.93. The molecule has 2 aromatic carbocycles. The first-order valence-corrected chi connectivity index (χ1v) is 10.6. The number of thioether (sulfide) groups is 2. The molecule has 0 aromatic heterocycles. The molecule has 1 heterocycles. The van der Waals surface area contributed by atoms with Crippen molar-refractivity contribution in [1.29, 1.82) is 0 Å². The van der Waals surface area contributed by atoms with Gasteiger partial charge in [-0.15, -0.1) is 0 Å². The Morgan fingerprint density at radius 2 is 1.31 bits per heavy atom. The third-order valence-corrected chi connectivity index (χ3v) is 6.27. The lowest BCUT2D eigenvalue weighted by Crippen LogP contribution is -2.34. The minimum atomic E-state index is -0.455. The molecule has 0 aliphatic carbocycles. The van der Waals surface area contributed by atoms with E-state index in [0.717, 1.165) is 9.79 Å². The molecular weight excluding hydrogens is 408 g/mol. The van der Waals surface area contributed by atoms with Crippen LogP contribution >= 0.6 is 23.5 Å². The van der Waals surface area contributed by atoms with E-state index >= 15 is 0 Å². The molecule has 0 saturated heterocycles. The standard InChI is InChI=1S/C21H20N2O4S2/c22-17(24)11-13-27-14-12-23-20(25)18(28-15-7-3-1-4-8-15)19(21(23)26)29-16-9-5-2-6-10-16/h1-10H,11-14H2,(H2,22,24). The van der Waals surface area contributed by atoms with Gasteiger partial charge in [0.25, 0.3) is 11.8 Å². The number of ether oxygens (including phenoxy) is 1. The van der Waals surface area contributed by atoms with E-state index in [2.05, 4.69) is 0 Å². The first kappa shape index (κ1) is 21.2. The molecule has 0 radical (unpaired) electrons. The minimum absolute atomic E-state index is 0.102. The topological polar surface area (TPSA) is 89.7 Å². The summed E-state index contributed by atoms with van der Waals surface area (Å²) in [6, 6.07) is 18.9. The summed E-state index contributed by atoms with van der Waals surface area (Å²) in [5, 5.41) is 0. The normalized spacial score (nSPS) is 14.0. The highest BCUT2D eigenvalue weighted by atomic mass is 32.2. The lowest BCUT2D eigenvalue weighted by Gasteiger charge is -2.15. The van der Waals surface area contributed by atoms with Crippen molar-refractivity contribution in [3.8, 4) is 0 Å². The Labute approximate surface area is 177 Å². The SMILES string of the molecule is NC(=O)CCOCCN1C(=O)C(Sc2ccccc2)=C(Sc2ccccc2)C1=O. The van der Waals surface area contributed by atoms with Gasteiger partial charge in [0, 0.05) is 16.2 Å². The van der Waals surface area contributed by atoms with E-state index in [9.17, 15) is 14.4 Å². The van der Waals surface area contributed by atoms with Gasteiger partial charge in [-0.1, -0.05) is 59.9 Å². The summed E-state index contributed by atoms with van der Waals surface area (Å²) in [6.07, 6.45) is 0.102. The number of hydrogen-bond donors (Lipinski definition) is 1. The summed E-state index contributed by atoms with van der Waals surface area (Å²) in [6.45, 7) is 0.432. The molecule has 29 heavy (non-hydrogen) atoms. The fourth-order valence-electron chi connectivity index (χ4n) is 2.56. The molecule has 0 bridgehead atoms. The Kier molecular flexibility index (Phi) is 7.51. The lowest BCUT2D eigenvalue weighted by atomic mass is 10.4. The monoisotopic (exact) mass is 428 g/mol. The summed E-state index contributed by atoms with van der Waals surface area (Å²) in [5.41, 5.74) is 5.07. The number of primary amides is 1. The van der Waals surface area contributed by atoms with Gasteiger partial charge in [-0.3, -0.25) is 19.3 Å². The molecule has 3 rings (SSSR count). The molecule has 0 atom stereocenters. The molecule has 0 spiro atoms. The van der Waals surface area contributed by atoms with Crippen LogP contribution in [0.1, 0.15) is 6.42 Å². The summed E-state index contributed by atoms with van der Waals surface area (Å²) in [5.74, 6) is -1.12. The zero-order valence-electron chi connectivity index (χ0n) is 15.6. The first-order chi connectivity index (χ1) is 14.1. The second-order valence-electron chi connectivity index (χ2n) is 6.08. The molecule has 2 aromatic rings. The number of carbonyl (C=O) groups excluding carboxylic acids is 3. The van der Waals surface area contributed by atoms with Gasteiger partial charge >= 0.3 is 0 Å². The van der Waals surface area contributed by atoms with Crippen LogP contribution in [-0.2, 0) is 19.1 Å². The summed E-state index contributed by atoms with van der Waals surface area (Å²) in [4.78, 5) is 40.5. The summed E-state index contributed by atoms with van der Waals surface area (Å²) < 4.78 is 5.33. The van der Waals surface area contributed by atoms with E-state index in [1.54, 1.807) is 0 Å². The third-order valence-electron chi connectivity index (χ3n) is 3.96. The molecule has 0 fully saturated rings. The number of imide groups is 1. The van der Waals surface area contributed by atoms with Crippen LogP contribution in [0.15, 0.2) is 80.3 Å². The zero-order chi connectivity index (χ0) is 20.6. The largest absolute Gasteiger partial charge is 0.379 e. The van der Waals surface area contributed by atoms with Crippen LogP contribution in [0.3, 0.4) is 0 Å². The maximum absolute atomic E-state index is 13.0. The van der Waals surface area contributed by atoms with Crippen LogP contribution in [0.5, 0.6) is 0 Å². The van der Waals surface area contributed by atoms with Crippen LogP contribution < -0.4 is 5.73 Å². The second-order valence-corrected chi connectivity index (χ2v) is 8.25. The van der Waals surface area contributed by atoms with Crippen LogP contribution in [0, 0.1) is 0 Å². The Bertz CT molecular complexity index is 853. The molecule has 1 aliphatic heterocycles. The fraction of sp³-hybridized carbons (Fsp3) is 0.190. The van der Waals surface area contributed by atoms with Gasteiger partial charge < -0.3 is 10.5 Å². The molecule has 2 N–H and O–H groups in total. The fourth-order valence-corrected chi connectivity index (χ4v) is 4.62. The quantitative estimate of drug-likeness (QED) is 0.462. The maximum Gasteiger partial charge on any atom is 0.268 e. The van der Waals surface area contributed by atoms with E-state index in [-0.39, 0.29) is 38.0 Å². The highest BCUT2D eigenvalue weighted by molar-refractivity contribution is 8.08. The lowest BCUT2D eigenvalue weighted by molar-refractivity contribution is -0.138. The summed E-state index contributed by atoms with van der Waals surface area (Å²) >= 11 is 2.57. The number of hydrogen-bond acceptors (Lipinski definition) is 6. The number of amides is 3. The Balaban J connectivity index is 1.75. The highest BCUT2D eigenvalue weighted by Gasteiger charge is 2.39. The van der Waals surface area contributed by atoms with Gasteiger partial charge in [-0.25, -0.2) is 0 Å². The Morgan fingerprint density at radius 3 is 1.76 bits per heavy atom. The number of rotatable bonds is 10. The van der Waals surface area contributed by atoms with Crippen molar-refractivity contribution in [3.63, 3.8) is 0 Å². The van der Waals surface area contributed by atoms with E-state index in [1.807, 2.05) is 60.7 Å². The number of nitrogens with two attached hydrogens (primary N) is 1. The van der Waals surface area contributed by atoms with Gasteiger partial charge in [-0.2, -0.15) is 0 Å². The van der Waals surface area contributed by atoms with Gasteiger partial charge in [0.05, 0.1) is 29.6 Å². The number of carbonyl (C=O) groups is 3. The number of benzene rings is 2. The molecule has 1 aliphatic rings. The Hall–Kier alpha value is -2.55. The Morgan fingerprint density at radius 1 is 0.828 bits per heavy atom. The predicted molar refractivity (Wildman–Crippen MR) is 113 cm³/mol. The van der Waals surface area contributed by atoms with Crippen molar-refractivity contribution in [1.82, 2.24) is 4.90 Å². The molecular formula is C21H20N2O4S2. The van der Waals surface area contributed by atoms with Crippen LogP contribution in [0.4, 0.5) is 0 Å². The minimum Gasteiger partial charge on any atom is -0.379 e. The second kappa shape index (κ2) is 10.3. The van der Waals surface area contributed by atoms with E-state index < -0.39 is 5.91 Å². The third kappa shape index (κ3) is 5.72. The maximum atomic E-state index is 13.0. The molecule has 6 nitrogen and oxygen atoms in total. The molecule has 8 heteroatoms. The van der Waals surface area contributed by atoms with E-state index in [1.165, 1.54) is 28.4 Å². The predicted octanol–water partition coefficient (Wildman–Crippen LogP) is 3.04. The van der Waals surface area contributed by atoms with Crippen molar-refractivity contribution in [2.45, 2.75) is 16.2 Å². The molecule has 3 amide bonds. The first-order valence-electron chi connectivity index (χ1n) is 8.98. The highest BCUT2D eigenvalue weighted by Crippen LogP contribution is 2.42. The van der Waals surface area contributed by atoms with Crippen molar-refractivity contribution in [3.05, 3.63) is 70.5 Å². The van der Waals surface area contributed by atoms with Gasteiger partial charge in [0.15, 0.2) is 0 Å². The van der Waals surface area contributed by atoms with Crippen molar-refractivity contribution in [2.75, 3.05) is 19.8 Å². The molecule has 150 valence electrons. The van der Waals surface area contributed by atoms with Crippen LogP contribution in [0.2, 0.25) is 0 Å². The van der Waals surface area contributed by atoms with E-state index in [4.69, 9.17) is 10.5 Å². The molecule has 0 unspecified atom stereocenters. The van der Waals surface area contributed by atoms with Gasteiger partial charge in [0.2, 0.25) is 5.91 Å². The van der Waals surface area contributed by atoms with Crippen LogP contribution in [0.25, 0.3) is 0 Å². The van der Waals surface area contributed by atoms with Gasteiger partial charge in [0.1, 0.15) is 0 Å². The van der Waals surface area contributed by atoms with Crippen LogP contribution in [-0.4, -0.2) is 42.4 Å².